The third-order valence-corrected chi connectivity index (χ3v) is 7.57. The molecule has 35 heavy (non-hydrogen) atoms. The molecule has 3 aromatic carbocycles. The van der Waals surface area contributed by atoms with Crippen molar-refractivity contribution in [2.45, 2.75) is 30.2 Å². The van der Waals surface area contributed by atoms with E-state index in [-0.39, 0.29) is 11.5 Å². The molecule has 1 atom stereocenters. The molecule has 0 spiro atoms. The fraction of sp³-hybridized carbons (Fsp3) is 0.192. The number of nitrogens with one attached hydrogen (secondary N) is 1. The van der Waals surface area contributed by atoms with Gasteiger partial charge in [0.15, 0.2) is 5.16 Å². The van der Waals surface area contributed by atoms with E-state index in [9.17, 15) is 9.59 Å². The van der Waals surface area contributed by atoms with Crippen molar-refractivity contribution in [1.82, 2.24) is 14.9 Å². The fourth-order valence-corrected chi connectivity index (χ4v) is 5.39. The van der Waals surface area contributed by atoms with Crippen LogP contribution in [-0.2, 0) is 11.2 Å². The quantitative estimate of drug-likeness (QED) is 0.200. The highest BCUT2D eigenvalue weighted by molar-refractivity contribution is 8.00. The predicted octanol–water partition coefficient (Wildman–Crippen LogP) is 6.58. The number of aromatic nitrogens is 2. The summed E-state index contributed by atoms with van der Waals surface area (Å²) in [7, 11) is 0. The summed E-state index contributed by atoms with van der Waals surface area (Å²) in [5.41, 5.74) is 1.86. The second-order valence-electron chi connectivity index (χ2n) is 7.82. The van der Waals surface area contributed by atoms with Gasteiger partial charge in [-0.1, -0.05) is 77.8 Å². The fourth-order valence-electron chi connectivity index (χ4n) is 3.64. The SMILES string of the molecule is CCC(Sc1nc2ccccc2c(=O)n1-c1cccc(Cl)c1)C(=O)NCCc1ccc(Cl)cc1Cl. The van der Waals surface area contributed by atoms with E-state index in [1.165, 1.54) is 16.3 Å². The zero-order chi connectivity index (χ0) is 24.9. The van der Waals surface area contributed by atoms with Crippen LogP contribution in [0.3, 0.4) is 0 Å². The Kier molecular flexibility index (Phi) is 8.39. The topological polar surface area (TPSA) is 64.0 Å². The monoisotopic (exact) mass is 545 g/mol. The number of amides is 1. The summed E-state index contributed by atoms with van der Waals surface area (Å²) in [6, 6.07) is 19.5. The standard InChI is InChI=1S/C26H22Cl3N3O2S/c1-2-23(24(33)30-13-12-16-10-11-18(28)15-21(16)29)35-26-31-22-9-4-3-8-20(22)25(34)32(26)19-7-5-6-17(27)14-19/h3-11,14-15,23H,2,12-13H2,1H3,(H,30,33). The van der Waals surface area contributed by atoms with Gasteiger partial charge in [0.2, 0.25) is 5.91 Å². The number of carbonyl (C=O) groups is 1. The summed E-state index contributed by atoms with van der Waals surface area (Å²) in [4.78, 5) is 31.2. The van der Waals surface area contributed by atoms with Gasteiger partial charge in [0.05, 0.1) is 21.8 Å². The summed E-state index contributed by atoms with van der Waals surface area (Å²) in [6.07, 6.45) is 1.13. The minimum Gasteiger partial charge on any atom is -0.355 e. The van der Waals surface area contributed by atoms with Crippen LogP contribution in [0.15, 0.2) is 76.7 Å². The molecule has 0 bridgehead atoms. The number of carbonyl (C=O) groups excluding carboxylic acids is 1. The highest BCUT2D eigenvalue weighted by Gasteiger charge is 2.22. The number of fused-ring (bicyclic) bond motifs is 1. The van der Waals surface area contributed by atoms with Gasteiger partial charge in [-0.3, -0.25) is 14.2 Å². The number of hydrogen-bond donors (Lipinski definition) is 1. The summed E-state index contributed by atoms with van der Waals surface area (Å²) in [5, 5.41) is 5.09. The molecule has 9 heteroatoms. The van der Waals surface area contributed by atoms with E-state index in [1.807, 2.05) is 19.1 Å². The highest BCUT2D eigenvalue weighted by atomic mass is 35.5. The molecular formula is C26H22Cl3N3O2S. The molecule has 4 aromatic rings. The van der Waals surface area contributed by atoms with Crippen LogP contribution in [-0.4, -0.2) is 27.3 Å². The van der Waals surface area contributed by atoms with E-state index in [0.29, 0.717) is 56.2 Å². The second kappa shape index (κ2) is 11.5. The highest BCUT2D eigenvalue weighted by Crippen LogP contribution is 2.28. The molecule has 4 rings (SSSR count). The molecule has 5 nitrogen and oxygen atoms in total. The van der Waals surface area contributed by atoms with Crippen molar-refractivity contribution < 1.29 is 4.79 Å². The molecule has 1 aromatic heterocycles. The Bertz CT molecular complexity index is 1440. The van der Waals surface area contributed by atoms with E-state index < -0.39 is 5.25 Å². The van der Waals surface area contributed by atoms with Gasteiger partial charge in [-0.15, -0.1) is 0 Å². The zero-order valence-corrected chi connectivity index (χ0v) is 21.9. The van der Waals surface area contributed by atoms with Crippen LogP contribution in [0.25, 0.3) is 16.6 Å². The van der Waals surface area contributed by atoms with E-state index in [4.69, 9.17) is 39.8 Å². The van der Waals surface area contributed by atoms with Crippen molar-refractivity contribution in [3.8, 4) is 5.69 Å². The molecule has 1 N–H and O–H groups in total. The molecule has 0 fully saturated rings. The van der Waals surface area contributed by atoms with Gasteiger partial charge in [0.25, 0.3) is 5.56 Å². The molecule has 1 unspecified atom stereocenters. The van der Waals surface area contributed by atoms with Gasteiger partial charge in [0.1, 0.15) is 0 Å². The summed E-state index contributed by atoms with van der Waals surface area (Å²) < 4.78 is 1.52. The third kappa shape index (κ3) is 6.01. The van der Waals surface area contributed by atoms with Gasteiger partial charge in [-0.2, -0.15) is 0 Å². The number of rotatable bonds is 8. The first-order valence-electron chi connectivity index (χ1n) is 11.0. The number of halogens is 3. The van der Waals surface area contributed by atoms with Crippen LogP contribution in [0.1, 0.15) is 18.9 Å². The maximum Gasteiger partial charge on any atom is 0.266 e. The smallest absolute Gasteiger partial charge is 0.266 e. The Labute approximate surface area is 222 Å². The second-order valence-corrected chi connectivity index (χ2v) is 10.3. The Morgan fingerprint density at radius 2 is 1.80 bits per heavy atom. The van der Waals surface area contributed by atoms with Gasteiger partial charge in [0, 0.05) is 21.6 Å². The lowest BCUT2D eigenvalue weighted by molar-refractivity contribution is -0.120. The number of hydrogen-bond acceptors (Lipinski definition) is 4. The summed E-state index contributed by atoms with van der Waals surface area (Å²) >= 11 is 19.7. The first kappa shape index (κ1) is 25.6. The van der Waals surface area contributed by atoms with Gasteiger partial charge in [-0.05, 0) is 60.9 Å². The van der Waals surface area contributed by atoms with Gasteiger partial charge >= 0.3 is 0 Å². The van der Waals surface area contributed by atoms with E-state index in [2.05, 4.69) is 5.32 Å². The first-order valence-corrected chi connectivity index (χ1v) is 13.0. The van der Waals surface area contributed by atoms with Crippen molar-refractivity contribution in [1.29, 1.82) is 0 Å². The Morgan fingerprint density at radius 3 is 2.54 bits per heavy atom. The number of para-hydroxylation sites is 1. The van der Waals surface area contributed by atoms with Crippen LogP contribution in [0.4, 0.5) is 0 Å². The van der Waals surface area contributed by atoms with Crippen molar-refractivity contribution in [3.05, 3.63) is 97.7 Å². The normalized spacial score (nSPS) is 12.0. The summed E-state index contributed by atoms with van der Waals surface area (Å²) in [6.45, 7) is 2.35. The largest absolute Gasteiger partial charge is 0.355 e. The van der Waals surface area contributed by atoms with Gasteiger partial charge < -0.3 is 5.32 Å². The molecule has 0 aliphatic carbocycles. The van der Waals surface area contributed by atoms with Crippen LogP contribution in [0.5, 0.6) is 0 Å². The van der Waals surface area contributed by atoms with Crippen LogP contribution in [0, 0.1) is 0 Å². The van der Waals surface area contributed by atoms with Crippen LogP contribution >= 0.6 is 46.6 Å². The van der Waals surface area contributed by atoms with Crippen LogP contribution in [0.2, 0.25) is 15.1 Å². The molecule has 0 aliphatic rings. The maximum absolute atomic E-state index is 13.4. The molecular weight excluding hydrogens is 525 g/mol. The Morgan fingerprint density at radius 1 is 1.03 bits per heavy atom. The predicted molar refractivity (Wildman–Crippen MR) is 145 cm³/mol. The number of nitrogens with zero attached hydrogens (tertiary/aromatic N) is 2. The molecule has 180 valence electrons. The first-order chi connectivity index (χ1) is 16.9. The average molecular weight is 547 g/mol. The average Bonchev–Trinajstić information content (AvgIpc) is 2.84. The minimum absolute atomic E-state index is 0.136. The Hall–Kier alpha value is -2.51. The van der Waals surface area contributed by atoms with E-state index in [0.717, 1.165) is 5.56 Å². The van der Waals surface area contributed by atoms with Crippen LogP contribution < -0.4 is 10.9 Å². The molecule has 0 saturated heterocycles. The van der Waals surface area contributed by atoms with Crippen molar-refractivity contribution >= 4 is 63.4 Å². The van der Waals surface area contributed by atoms with E-state index in [1.54, 1.807) is 54.6 Å². The van der Waals surface area contributed by atoms with Gasteiger partial charge in [-0.25, -0.2) is 4.98 Å². The Balaban J connectivity index is 1.59. The van der Waals surface area contributed by atoms with Crippen molar-refractivity contribution in [2.75, 3.05) is 6.54 Å². The summed E-state index contributed by atoms with van der Waals surface area (Å²) in [5.74, 6) is -0.136. The van der Waals surface area contributed by atoms with Crippen molar-refractivity contribution in [3.63, 3.8) is 0 Å². The molecule has 1 amide bonds. The number of thioether (sulfide) groups is 1. The lowest BCUT2D eigenvalue weighted by Gasteiger charge is -2.18. The van der Waals surface area contributed by atoms with Crippen molar-refractivity contribution in [2.24, 2.45) is 0 Å². The molecule has 0 saturated carbocycles. The molecule has 0 aliphatic heterocycles. The third-order valence-electron chi connectivity index (χ3n) is 5.43. The molecule has 1 heterocycles. The lowest BCUT2D eigenvalue weighted by Crippen LogP contribution is -2.34. The van der Waals surface area contributed by atoms with E-state index >= 15 is 0 Å². The minimum atomic E-state index is -0.450. The zero-order valence-electron chi connectivity index (χ0n) is 18.8. The number of benzene rings is 3. The maximum atomic E-state index is 13.4. The molecule has 0 radical (unpaired) electrons. The lowest BCUT2D eigenvalue weighted by atomic mass is 10.1.